The lowest BCUT2D eigenvalue weighted by molar-refractivity contribution is 0.00578. The summed E-state index contributed by atoms with van der Waals surface area (Å²) < 4.78 is 11.9. The molecule has 4 nitrogen and oxygen atoms in total. The van der Waals surface area contributed by atoms with Crippen LogP contribution in [0.4, 0.5) is 0 Å². The predicted molar refractivity (Wildman–Crippen MR) is 78.5 cm³/mol. The van der Waals surface area contributed by atoms with Gasteiger partial charge in [0, 0.05) is 18.1 Å². The van der Waals surface area contributed by atoms with Crippen LogP contribution in [0.1, 0.15) is 39.8 Å². The second kappa shape index (κ2) is 5.57. The van der Waals surface area contributed by atoms with Gasteiger partial charge in [0.2, 0.25) is 0 Å². The molecule has 1 saturated heterocycles. The molecule has 0 aliphatic carbocycles. The van der Waals surface area contributed by atoms with E-state index in [-0.39, 0.29) is 17.8 Å². The Kier molecular flexibility index (Phi) is 4.19. The van der Waals surface area contributed by atoms with Crippen LogP contribution in [0.2, 0.25) is 0 Å². The lowest BCUT2D eigenvalue weighted by Crippen LogP contribution is -2.41. The molecule has 1 aromatic rings. The number of hydrogen-bond acceptors (Lipinski definition) is 4. The molecule has 106 valence electrons. The molecule has 0 saturated carbocycles. The summed E-state index contributed by atoms with van der Waals surface area (Å²) in [7, 11) is -0.396. The first-order valence-electron chi connectivity index (χ1n) is 6.77. The Morgan fingerprint density at radius 1 is 1.20 bits per heavy atom. The first-order chi connectivity index (χ1) is 9.36. The van der Waals surface area contributed by atoms with Gasteiger partial charge in [-0.15, -0.1) is 0 Å². The van der Waals surface area contributed by atoms with Gasteiger partial charge in [-0.2, -0.15) is 0 Å². The van der Waals surface area contributed by atoms with E-state index in [9.17, 15) is 0 Å². The number of aliphatic hydroxyl groups excluding tert-OH is 1. The Morgan fingerprint density at radius 3 is 2.35 bits per heavy atom. The number of pyridine rings is 1. The van der Waals surface area contributed by atoms with Gasteiger partial charge in [-0.05, 0) is 39.7 Å². The molecule has 1 N–H and O–H groups in total. The van der Waals surface area contributed by atoms with Crippen molar-refractivity contribution in [1.29, 1.82) is 0 Å². The molecule has 0 atom stereocenters. The Hall–Kier alpha value is -1.35. The summed E-state index contributed by atoms with van der Waals surface area (Å²) in [6.45, 7) is 8.16. The fourth-order valence-electron chi connectivity index (χ4n) is 1.81. The van der Waals surface area contributed by atoms with Crippen molar-refractivity contribution >= 4 is 12.6 Å². The first-order valence-corrected chi connectivity index (χ1v) is 6.77. The van der Waals surface area contributed by atoms with Gasteiger partial charge in [0.05, 0.1) is 17.8 Å². The van der Waals surface area contributed by atoms with Gasteiger partial charge in [0.15, 0.2) is 0 Å². The first kappa shape index (κ1) is 15.1. The average Bonchev–Trinajstić information content (AvgIpc) is 2.60. The highest BCUT2D eigenvalue weighted by molar-refractivity contribution is 6.62. The third-order valence-corrected chi connectivity index (χ3v) is 3.77. The van der Waals surface area contributed by atoms with E-state index >= 15 is 0 Å². The van der Waals surface area contributed by atoms with Crippen LogP contribution < -0.4 is 5.46 Å². The van der Waals surface area contributed by atoms with Crippen molar-refractivity contribution in [2.75, 3.05) is 6.61 Å². The van der Waals surface area contributed by atoms with Crippen molar-refractivity contribution in [3.8, 4) is 11.8 Å². The zero-order chi connectivity index (χ0) is 14.8. The number of hydrogen-bond donors (Lipinski definition) is 1. The molecule has 0 radical (unpaired) electrons. The summed E-state index contributed by atoms with van der Waals surface area (Å²) in [5, 5.41) is 8.67. The maximum atomic E-state index is 8.67. The van der Waals surface area contributed by atoms with Crippen LogP contribution in [0.15, 0.2) is 18.3 Å². The van der Waals surface area contributed by atoms with Crippen molar-refractivity contribution in [2.45, 2.75) is 45.3 Å². The molecule has 0 aromatic carbocycles. The van der Waals surface area contributed by atoms with Gasteiger partial charge in [0.1, 0.15) is 5.69 Å². The molecule has 5 heteroatoms. The third-order valence-electron chi connectivity index (χ3n) is 3.77. The van der Waals surface area contributed by atoms with Crippen molar-refractivity contribution in [1.82, 2.24) is 4.98 Å². The van der Waals surface area contributed by atoms with E-state index in [0.717, 1.165) is 5.46 Å². The van der Waals surface area contributed by atoms with Crippen molar-refractivity contribution in [3.05, 3.63) is 24.0 Å². The van der Waals surface area contributed by atoms with Gasteiger partial charge >= 0.3 is 7.12 Å². The Balaban J connectivity index is 2.11. The number of rotatable bonds is 2. The van der Waals surface area contributed by atoms with E-state index in [4.69, 9.17) is 14.4 Å². The Bertz CT molecular complexity index is 512. The summed E-state index contributed by atoms with van der Waals surface area (Å²) >= 11 is 0. The predicted octanol–water partition coefficient (Wildman–Crippen LogP) is 1.11. The highest BCUT2D eigenvalue weighted by atomic mass is 16.7. The smallest absolute Gasteiger partial charge is 0.399 e. The van der Waals surface area contributed by atoms with Crippen LogP contribution in [0, 0.1) is 11.8 Å². The maximum Gasteiger partial charge on any atom is 0.496 e. The average molecular weight is 273 g/mol. The second-order valence-corrected chi connectivity index (χ2v) is 5.84. The molecular weight excluding hydrogens is 253 g/mol. The molecule has 0 amide bonds. The quantitative estimate of drug-likeness (QED) is 0.648. The van der Waals surface area contributed by atoms with E-state index in [1.165, 1.54) is 0 Å². The van der Waals surface area contributed by atoms with Crippen molar-refractivity contribution in [3.63, 3.8) is 0 Å². The Morgan fingerprint density at radius 2 is 1.85 bits per heavy atom. The summed E-state index contributed by atoms with van der Waals surface area (Å²) in [4.78, 5) is 4.28. The maximum absolute atomic E-state index is 8.67. The minimum atomic E-state index is -0.396. The van der Waals surface area contributed by atoms with Crippen LogP contribution in [-0.2, 0) is 9.31 Å². The molecule has 0 unspecified atom stereocenters. The molecule has 20 heavy (non-hydrogen) atoms. The lowest BCUT2D eigenvalue weighted by atomic mass is 9.80. The number of nitrogens with zero attached hydrogens (tertiary/aromatic N) is 1. The SMILES string of the molecule is CC1(C)OB(c2ccc(C#CCCO)nc2)OC1(C)C. The monoisotopic (exact) mass is 273 g/mol. The second-order valence-electron chi connectivity index (χ2n) is 5.84. The van der Waals surface area contributed by atoms with E-state index in [1.807, 2.05) is 39.8 Å². The Labute approximate surface area is 120 Å². The number of aliphatic hydroxyl groups is 1. The number of aromatic nitrogens is 1. The van der Waals surface area contributed by atoms with E-state index in [0.29, 0.717) is 12.1 Å². The van der Waals surface area contributed by atoms with Gasteiger partial charge in [-0.1, -0.05) is 12.0 Å². The molecule has 0 spiro atoms. The van der Waals surface area contributed by atoms with Crippen LogP contribution in [0.25, 0.3) is 0 Å². The molecule has 1 aliphatic heterocycles. The zero-order valence-electron chi connectivity index (χ0n) is 12.4. The van der Waals surface area contributed by atoms with Crippen molar-refractivity contribution in [2.24, 2.45) is 0 Å². The molecule has 2 heterocycles. The summed E-state index contributed by atoms with van der Waals surface area (Å²) in [6.07, 6.45) is 2.19. The van der Waals surface area contributed by atoms with E-state index < -0.39 is 7.12 Å². The summed E-state index contributed by atoms with van der Waals surface area (Å²) in [5.74, 6) is 5.73. The van der Waals surface area contributed by atoms with Crippen LogP contribution in [0.5, 0.6) is 0 Å². The van der Waals surface area contributed by atoms with Gasteiger partial charge in [-0.25, -0.2) is 4.98 Å². The van der Waals surface area contributed by atoms with Gasteiger partial charge in [0.25, 0.3) is 0 Å². The third kappa shape index (κ3) is 3.04. The van der Waals surface area contributed by atoms with E-state index in [2.05, 4.69) is 16.8 Å². The molecule has 2 rings (SSSR count). The standard InChI is InChI=1S/C15H20BNO3/c1-14(2)15(3,4)20-16(19-14)12-8-9-13(17-11-12)7-5-6-10-18/h8-9,11,18H,6,10H2,1-4H3. The normalized spacial score (nSPS) is 19.6. The van der Waals surface area contributed by atoms with Crippen LogP contribution in [0.3, 0.4) is 0 Å². The molecule has 1 aromatic heterocycles. The summed E-state index contributed by atoms with van der Waals surface area (Å²) in [6, 6.07) is 3.75. The fraction of sp³-hybridized carbons (Fsp3) is 0.533. The molecule has 1 aliphatic rings. The highest BCUT2D eigenvalue weighted by Crippen LogP contribution is 2.36. The van der Waals surface area contributed by atoms with Crippen LogP contribution >= 0.6 is 0 Å². The highest BCUT2D eigenvalue weighted by Gasteiger charge is 2.51. The topological polar surface area (TPSA) is 51.6 Å². The fourth-order valence-corrected chi connectivity index (χ4v) is 1.81. The largest absolute Gasteiger partial charge is 0.496 e. The van der Waals surface area contributed by atoms with Gasteiger partial charge < -0.3 is 14.4 Å². The molecule has 0 bridgehead atoms. The molecule has 1 fully saturated rings. The zero-order valence-corrected chi connectivity index (χ0v) is 12.4. The van der Waals surface area contributed by atoms with Gasteiger partial charge in [-0.3, -0.25) is 0 Å². The van der Waals surface area contributed by atoms with Crippen LogP contribution in [-0.4, -0.2) is 35.0 Å². The molecular formula is C15H20BNO3. The summed E-state index contributed by atoms with van der Waals surface area (Å²) in [5.41, 5.74) is 0.865. The minimum absolute atomic E-state index is 0.0685. The van der Waals surface area contributed by atoms with Crippen molar-refractivity contribution < 1.29 is 14.4 Å². The van der Waals surface area contributed by atoms with E-state index in [1.54, 1.807) is 6.20 Å². The lowest BCUT2D eigenvalue weighted by Gasteiger charge is -2.32. The minimum Gasteiger partial charge on any atom is -0.399 e.